The molecule has 4 N–H and O–H groups in total. The average molecular weight is 661 g/mol. The third-order valence-corrected chi connectivity index (χ3v) is 9.62. The second kappa shape index (κ2) is 15.7. The Kier molecular flexibility index (Phi) is 11.4. The van der Waals surface area contributed by atoms with Gasteiger partial charge in [0.1, 0.15) is 17.2 Å². The van der Waals surface area contributed by atoms with Crippen molar-refractivity contribution in [3.05, 3.63) is 69.4 Å². The molecule has 12 nitrogen and oxygen atoms in total. The Labute approximate surface area is 281 Å². The first-order valence-electron chi connectivity index (χ1n) is 16.7. The standard InChI is InChI=1S/C18H23N3O4.C18H25N3O2/c1-11-18(12(2)25-20-11)13-4-9-16(17(10-13)21(22)23)19-14-5-7-15(24-3)8-6-14;1-11-18(12(2)23-21-11)13-4-9-17(16(19)10-13)20-14-5-7-15(22-3)8-6-14/h4,9-10,14-15,19H,5-8H2,1-3H3;4,9-10,14-15,20H,5-8,19H2,1-3H3. The number of hydrogen-bond donors (Lipinski definition) is 3. The van der Waals surface area contributed by atoms with Gasteiger partial charge in [-0.15, -0.1) is 0 Å². The van der Waals surface area contributed by atoms with Crippen LogP contribution >= 0.6 is 0 Å². The van der Waals surface area contributed by atoms with Crippen LogP contribution in [0, 0.1) is 37.8 Å². The van der Waals surface area contributed by atoms with Gasteiger partial charge in [0.2, 0.25) is 0 Å². The van der Waals surface area contributed by atoms with E-state index in [1.165, 1.54) is 0 Å². The second-order valence-electron chi connectivity index (χ2n) is 12.9. The number of nitro benzene ring substituents is 1. The number of nitro groups is 1. The number of benzene rings is 2. The Hall–Kier alpha value is -4.42. The van der Waals surface area contributed by atoms with Gasteiger partial charge in [-0.05, 0) is 108 Å². The van der Waals surface area contributed by atoms with Gasteiger partial charge in [-0.25, -0.2) is 0 Å². The number of ether oxygens (including phenoxy) is 2. The van der Waals surface area contributed by atoms with Crippen LogP contribution in [0.2, 0.25) is 0 Å². The molecule has 0 amide bonds. The smallest absolute Gasteiger partial charge is 0.292 e. The van der Waals surface area contributed by atoms with E-state index in [-0.39, 0.29) is 16.7 Å². The fraction of sp³-hybridized carbons (Fsp3) is 0.500. The lowest BCUT2D eigenvalue weighted by atomic mass is 9.92. The summed E-state index contributed by atoms with van der Waals surface area (Å²) in [6.45, 7) is 7.51. The zero-order valence-corrected chi connectivity index (χ0v) is 28.8. The van der Waals surface area contributed by atoms with Crippen LogP contribution in [0.15, 0.2) is 45.4 Å². The van der Waals surface area contributed by atoms with Gasteiger partial charge in [0, 0.05) is 43.5 Å². The third-order valence-electron chi connectivity index (χ3n) is 9.62. The van der Waals surface area contributed by atoms with Crippen LogP contribution < -0.4 is 16.4 Å². The molecule has 0 radical (unpaired) electrons. The number of methoxy groups -OCH3 is 2. The number of nitrogen functional groups attached to an aromatic ring is 1. The minimum Gasteiger partial charge on any atom is -0.397 e. The van der Waals surface area contributed by atoms with Crippen LogP contribution in [0.5, 0.6) is 0 Å². The molecule has 258 valence electrons. The van der Waals surface area contributed by atoms with Crippen molar-refractivity contribution in [3.8, 4) is 22.3 Å². The Bertz CT molecular complexity index is 1650. The molecule has 4 aromatic rings. The second-order valence-corrected chi connectivity index (χ2v) is 12.9. The van der Waals surface area contributed by atoms with E-state index in [2.05, 4.69) is 33.1 Å². The number of aromatic nitrogens is 2. The van der Waals surface area contributed by atoms with Crippen LogP contribution in [0.3, 0.4) is 0 Å². The van der Waals surface area contributed by atoms with Gasteiger partial charge in [0.05, 0.1) is 39.9 Å². The highest BCUT2D eigenvalue weighted by Gasteiger charge is 2.25. The van der Waals surface area contributed by atoms with Crippen LogP contribution in [-0.2, 0) is 9.47 Å². The topological polar surface area (TPSA) is 164 Å². The van der Waals surface area contributed by atoms with Crippen molar-refractivity contribution in [1.29, 1.82) is 0 Å². The number of rotatable bonds is 9. The van der Waals surface area contributed by atoms with E-state index in [1.54, 1.807) is 26.4 Å². The van der Waals surface area contributed by atoms with Crippen molar-refractivity contribution in [2.45, 2.75) is 103 Å². The van der Waals surface area contributed by atoms with Gasteiger partial charge in [0.15, 0.2) is 0 Å². The van der Waals surface area contributed by atoms with E-state index in [9.17, 15) is 10.1 Å². The fourth-order valence-electron chi connectivity index (χ4n) is 6.93. The lowest BCUT2D eigenvalue weighted by Crippen LogP contribution is -2.29. The van der Waals surface area contributed by atoms with Crippen molar-refractivity contribution in [1.82, 2.24) is 10.3 Å². The fourth-order valence-corrected chi connectivity index (χ4v) is 6.93. The van der Waals surface area contributed by atoms with E-state index < -0.39 is 0 Å². The Morgan fingerprint density at radius 3 is 1.56 bits per heavy atom. The minimum absolute atomic E-state index is 0.0753. The first-order chi connectivity index (χ1) is 23.1. The van der Waals surface area contributed by atoms with Gasteiger partial charge >= 0.3 is 0 Å². The Morgan fingerprint density at radius 2 is 1.17 bits per heavy atom. The van der Waals surface area contributed by atoms with E-state index >= 15 is 0 Å². The lowest BCUT2D eigenvalue weighted by molar-refractivity contribution is -0.383. The highest BCUT2D eigenvalue weighted by molar-refractivity contribution is 5.78. The third kappa shape index (κ3) is 8.16. The molecular weight excluding hydrogens is 612 g/mol. The molecule has 2 aromatic carbocycles. The summed E-state index contributed by atoms with van der Waals surface area (Å²) in [4.78, 5) is 11.2. The van der Waals surface area contributed by atoms with Crippen LogP contribution in [0.25, 0.3) is 22.3 Å². The Balaban J connectivity index is 0.000000188. The summed E-state index contributed by atoms with van der Waals surface area (Å²) in [6.07, 6.45) is 8.98. The van der Waals surface area contributed by atoms with Crippen LogP contribution in [0.1, 0.15) is 74.3 Å². The molecule has 6 rings (SSSR count). The zero-order chi connectivity index (χ0) is 34.4. The number of hydrogen-bond acceptors (Lipinski definition) is 11. The molecule has 0 atom stereocenters. The minimum atomic E-state index is -0.342. The van der Waals surface area contributed by atoms with Gasteiger partial charge in [-0.3, -0.25) is 10.1 Å². The first-order valence-corrected chi connectivity index (χ1v) is 16.7. The molecule has 2 saturated carbocycles. The summed E-state index contributed by atoms with van der Waals surface area (Å²) in [5.41, 5.74) is 13.9. The maximum atomic E-state index is 11.6. The molecule has 0 saturated heterocycles. The maximum Gasteiger partial charge on any atom is 0.292 e. The van der Waals surface area contributed by atoms with Gasteiger partial charge in [-0.2, -0.15) is 0 Å². The maximum absolute atomic E-state index is 11.6. The van der Waals surface area contributed by atoms with Crippen molar-refractivity contribution >= 4 is 22.7 Å². The molecule has 48 heavy (non-hydrogen) atoms. The quantitative estimate of drug-likeness (QED) is 0.0901. The monoisotopic (exact) mass is 660 g/mol. The van der Waals surface area contributed by atoms with E-state index in [0.29, 0.717) is 29.7 Å². The van der Waals surface area contributed by atoms with Crippen molar-refractivity contribution in [2.75, 3.05) is 30.6 Å². The molecule has 0 unspecified atom stereocenters. The summed E-state index contributed by atoms with van der Waals surface area (Å²) in [5.74, 6) is 1.48. The highest BCUT2D eigenvalue weighted by atomic mass is 16.6. The SMILES string of the molecule is COC1CCC(Nc2ccc(-c3c(C)noc3C)cc2N)CC1.COC1CCC(Nc2ccc(-c3c(C)noc3C)cc2[N+](=O)[O-])CC1. The summed E-state index contributed by atoms with van der Waals surface area (Å²) in [5, 5.41) is 26.4. The average Bonchev–Trinajstić information content (AvgIpc) is 3.61. The van der Waals surface area contributed by atoms with Crippen molar-refractivity contribution < 1.29 is 23.4 Å². The van der Waals surface area contributed by atoms with Gasteiger partial charge in [-0.1, -0.05) is 22.4 Å². The van der Waals surface area contributed by atoms with Gasteiger partial charge < -0.3 is 34.9 Å². The first kappa shape index (κ1) is 34.9. The summed E-state index contributed by atoms with van der Waals surface area (Å²) >= 11 is 0. The highest BCUT2D eigenvalue weighted by Crippen LogP contribution is 2.36. The molecule has 0 bridgehead atoms. The summed E-state index contributed by atoms with van der Waals surface area (Å²) < 4.78 is 21.2. The van der Waals surface area contributed by atoms with Crippen molar-refractivity contribution in [3.63, 3.8) is 0 Å². The van der Waals surface area contributed by atoms with E-state index in [4.69, 9.17) is 24.3 Å². The predicted octanol–water partition coefficient (Wildman–Crippen LogP) is 8.15. The number of aryl methyl sites for hydroxylation is 4. The molecule has 2 aliphatic rings. The number of nitrogens with one attached hydrogen (secondary N) is 2. The summed E-state index contributed by atoms with van der Waals surface area (Å²) in [7, 11) is 3.53. The zero-order valence-electron chi connectivity index (χ0n) is 28.8. The normalized spacial score (nSPS) is 20.9. The molecular formula is C36H48N6O6. The molecule has 2 heterocycles. The molecule has 2 aliphatic carbocycles. The molecule has 0 aliphatic heterocycles. The predicted molar refractivity (Wildman–Crippen MR) is 187 cm³/mol. The molecule has 0 spiro atoms. The van der Waals surface area contributed by atoms with Crippen LogP contribution in [0.4, 0.5) is 22.7 Å². The lowest BCUT2D eigenvalue weighted by Gasteiger charge is -2.29. The van der Waals surface area contributed by atoms with E-state index in [0.717, 1.165) is 102 Å². The largest absolute Gasteiger partial charge is 0.397 e. The molecule has 12 heteroatoms. The molecule has 2 aromatic heterocycles. The number of nitrogens with zero attached hydrogens (tertiary/aromatic N) is 3. The van der Waals surface area contributed by atoms with E-state index in [1.807, 2.05) is 39.8 Å². The van der Waals surface area contributed by atoms with Crippen LogP contribution in [-0.4, -0.2) is 53.7 Å². The summed E-state index contributed by atoms with van der Waals surface area (Å²) in [6, 6.07) is 12.1. The number of anilines is 3. The Morgan fingerprint density at radius 1 is 0.729 bits per heavy atom. The van der Waals surface area contributed by atoms with Crippen molar-refractivity contribution in [2.24, 2.45) is 0 Å². The molecule has 2 fully saturated rings. The van der Waals surface area contributed by atoms with Gasteiger partial charge in [0.25, 0.3) is 5.69 Å². The number of nitrogens with two attached hydrogens (primary N) is 1.